The van der Waals surface area contributed by atoms with Crippen molar-refractivity contribution >= 4 is 0 Å². The lowest BCUT2D eigenvalue weighted by Crippen LogP contribution is -2.33. The Morgan fingerprint density at radius 2 is 1.62 bits per heavy atom. The summed E-state index contributed by atoms with van der Waals surface area (Å²) in [6.07, 6.45) is 0.739. The first-order valence-corrected chi connectivity index (χ1v) is 8.70. The van der Waals surface area contributed by atoms with Crippen molar-refractivity contribution in [2.24, 2.45) is 0 Å². The van der Waals surface area contributed by atoms with Gasteiger partial charge in [0, 0.05) is 12.6 Å². The number of rotatable bonds is 8. The van der Waals surface area contributed by atoms with Gasteiger partial charge in [-0.1, -0.05) is 49.4 Å². The third-order valence-corrected chi connectivity index (χ3v) is 4.56. The Morgan fingerprint density at radius 3 is 2.21 bits per heavy atom. The quantitative estimate of drug-likeness (QED) is 0.779. The summed E-state index contributed by atoms with van der Waals surface area (Å²) >= 11 is 0. The van der Waals surface area contributed by atoms with Crippen LogP contribution in [0, 0.1) is 0 Å². The molecule has 130 valence electrons. The Labute approximate surface area is 145 Å². The van der Waals surface area contributed by atoms with E-state index in [2.05, 4.69) is 37.8 Å². The molecular formula is C21H29NO2. The summed E-state index contributed by atoms with van der Waals surface area (Å²) in [5.74, 6) is 0.910. The summed E-state index contributed by atoms with van der Waals surface area (Å²) < 4.78 is 5.81. The maximum Gasteiger partial charge on any atom is 0.119 e. The Kier molecular flexibility index (Phi) is 6.83. The van der Waals surface area contributed by atoms with Crippen molar-refractivity contribution in [2.45, 2.75) is 52.0 Å². The number of nitrogens with zero attached hydrogens (tertiary/aromatic N) is 1. The van der Waals surface area contributed by atoms with E-state index < -0.39 is 6.10 Å². The fraction of sp³-hybridized carbons (Fsp3) is 0.429. The molecule has 2 aromatic carbocycles. The number of hydrogen-bond donors (Lipinski definition) is 1. The van der Waals surface area contributed by atoms with Gasteiger partial charge in [0.05, 0.1) is 12.2 Å². The molecular weight excluding hydrogens is 298 g/mol. The van der Waals surface area contributed by atoms with E-state index in [0.717, 1.165) is 24.3 Å². The highest BCUT2D eigenvalue weighted by molar-refractivity contribution is 5.27. The first kappa shape index (κ1) is 18.5. The van der Waals surface area contributed by atoms with E-state index in [0.29, 0.717) is 0 Å². The van der Waals surface area contributed by atoms with E-state index in [4.69, 9.17) is 4.74 Å². The minimum Gasteiger partial charge on any atom is -0.491 e. The van der Waals surface area contributed by atoms with Crippen LogP contribution in [0.1, 0.15) is 44.4 Å². The van der Waals surface area contributed by atoms with Gasteiger partial charge in [0.15, 0.2) is 0 Å². The predicted octanol–water partition coefficient (Wildman–Crippen LogP) is 4.42. The van der Waals surface area contributed by atoms with Gasteiger partial charge < -0.3 is 9.84 Å². The van der Waals surface area contributed by atoms with Gasteiger partial charge in [0.2, 0.25) is 0 Å². The zero-order valence-corrected chi connectivity index (χ0v) is 15.1. The molecule has 0 heterocycles. The summed E-state index contributed by atoms with van der Waals surface area (Å²) in [5, 5.41) is 10.5. The molecule has 3 atom stereocenters. The smallest absolute Gasteiger partial charge is 0.119 e. The average Bonchev–Trinajstić information content (AvgIpc) is 2.62. The van der Waals surface area contributed by atoms with E-state index in [-0.39, 0.29) is 12.1 Å². The molecule has 0 bridgehead atoms. The van der Waals surface area contributed by atoms with Crippen molar-refractivity contribution < 1.29 is 9.84 Å². The molecule has 24 heavy (non-hydrogen) atoms. The van der Waals surface area contributed by atoms with Gasteiger partial charge in [-0.15, -0.1) is 0 Å². The number of benzene rings is 2. The number of aliphatic hydroxyl groups excluding tert-OH is 1. The molecule has 0 aromatic heterocycles. The van der Waals surface area contributed by atoms with Crippen molar-refractivity contribution in [2.75, 3.05) is 7.05 Å². The maximum absolute atomic E-state index is 10.5. The second kappa shape index (κ2) is 8.86. The molecule has 0 aliphatic rings. The lowest BCUT2D eigenvalue weighted by molar-refractivity contribution is 0.0688. The van der Waals surface area contributed by atoms with Crippen molar-refractivity contribution in [3.8, 4) is 5.75 Å². The molecule has 2 aromatic rings. The molecule has 0 aliphatic carbocycles. The van der Waals surface area contributed by atoms with Crippen LogP contribution in [0.15, 0.2) is 54.6 Å². The standard InChI is InChI=1S/C21H29NO2/c1-5-16(2)24-20-13-11-18(12-14-20)15-22(4)17(3)21(23)19-9-7-6-8-10-19/h6-14,16-17,21,23H,5,15H2,1-4H3. The van der Waals surface area contributed by atoms with Crippen molar-refractivity contribution in [1.29, 1.82) is 0 Å². The Bertz CT molecular complexity index is 597. The lowest BCUT2D eigenvalue weighted by Gasteiger charge is -2.29. The molecule has 1 N–H and O–H groups in total. The summed E-state index contributed by atoms with van der Waals surface area (Å²) in [4.78, 5) is 2.17. The highest BCUT2D eigenvalue weighted by Crippen LogP contribution is 2.22. The van der Waals surface area contributed by atoms with Crippen LogP contribution in [0.3, 0.4) is 0 Å². The van der Waals surface area contributed by atoms with Gasteiger partial charge in [0.1, 0.15) is 5.75 Å². The summed E-state index contributed by atoms with van der Waals surface area (Å²) in [6.45, 7) is 7.04. The fourth-order valence-electron chi connectivity index (χ4n) is 2.59. The molecule has 0 fully saturated rings. The van der Waals surface area contributed by atoms with Crippen molar-refractivity contribution in [3.63, 3.8) is 0 Å². The van der Waals surface area contributed by atoms with Crippen LogP contribution in [0.2, 0.25) is 0 Å². The van der Waals surface area contributed by atoms with Crippen LogP contribution < -0.4 is 4.74 Å². The number of hydrogen-bond acceptors (Lipinski definition) is 3. The van der Waals surface area contributed by atoms with Crippen LogP contribution in [0.25, 0.3) is 0 Å². The van der Waals surface area contributed by atoms with Crippen LogP contribution in [0.4, 0.5) is 0 Å². The average molecular weight is 327 g/mol. The second-order valence-electron chi connectivity index (χ2n) is 6.49. The van der Waals surface area contributed by atoms with Gasteiger partial charge in [0.25, 0.3) is 0 Å². The van der Waals surface area contributed by atoms with Crippen LogP contribution in [0.5, 0.6) is 5.75 Å². The van der Waals surface area contributed by atoms with Gasteiger partial charge in [-0.2, -0.15) is 0 Å². The molecule has 3 nitrogen and oxygen atoms in total. The molecule has 0 spiro atoms. The normalized spacial score (nSPS) is 15.1. The third kappa shape index (κ3) is 5.08. The van der Waals surface area contributed by atoms with Crippen LogP contribution in [-0.4, -0.2) is 29.2 Å². The monoisotopic (exact) mass is 327 g/mol. The first-order valence-electron chi connectivity index (χ1n) is 8.70. The number of ether oxygens (including phenoxy) is 1. The van der Waals surface area contributed by atoms with Crippen LogP contribution >= 0.6 is 0 Å². The lowest BCUT2D eigenvalue weighted by atomic mass is 10.0. The van der Waals surface area contributed by atoms with Crippen LogP contribution in [-0.2, 0) is 6.54 Å². The van der Waals surface area contributed by atoms with Gasteiger partial charge in [-0.25, -0.2) is 0 Å². The van der Waals surface area contributed by atoms with E-state index in [1.807, 2.05) is 49.5 Å². The highest BCUT2D eigenvalue weighted by Gasteiger charge is 2.20. The Morgan fingerprint density at radius 1 is 1.00 bits per heavy atom. The van der Waals surface area contributed by atoms with E-state index in [1.165, 1.54) is 5.56 Å². The third-order valence-electron chi connectivity index (χ3n) is 4.56. The number of aliphatic hydroxyl groups is 1. The molecule has 0 radical (unpaired) electrons. The molecule has 0 saturated carbocycles. The largest absolute Gasteiger partial charge is 0.491 e. The van der Waals surface area contributed by atoms with Crippen molar-refractivity contribution in [1.82, 2.24) is 4.90 Å². The molecule has 0 saturated heterocycles. The molecule has 3 unspecified atom stereocenters. The minimum atomic E-state index is -0.496. The Hall–Kier alpha value is -1.84. The topological polar surface area (TPSA) is 32.7 Å². The second-order valence-corrected chi connectivity index (χ2v) is 6.49. The zero-order chi connectivity index (χ0) is 17.5. The molecule has 3 heteroatoms. The molecule has 2 rings (SSSR count). The molecule has 0 aliphatic heterocycles. The van der Waals surface area contributed by atoms with Crippen molar-refractivity contribution in [3.05, 3.63) is 65.7 Å². The predicted molar refractivity (Wildman–Crippen MR) is 99.2 cm³/mol. The van der Waals surface area contributed by atoms with Gasteiger partial charge in [-0.05, 0) is 50.6 Å². The molecule has 0 amide bonds. The summed E-state index contributed by atoms with van der Waals surface area (Å²) in [5.41, 5.74) is 2.16. The van der Waals surface area contributed by atoms with E-state index in [1.54, 1.807) is 0 Å². The highest BCUT2D eigenvalue weighted by atomic mass is 16.5. The van der Waals surface area contributed by atoms with E-state index >= 15 is 0 Å². The Balaban J connectivity index is 1.94. The summed E-state index contributed by atoms with van der Waals surface area (Å²) in [6, 6.07) is 18.1. The SMILES string of the molecule is CCC(C)Oc1ccc(CN(C)C(C)C(O)c2ccccc2)cc1. The first-order chi connectivity index (χ1) is 11.5. The fourth-order valence-corrected chi connectivity index (χ4v) is 2.59. The van der Waals surface area contributed by atoms with E-state index in [9.17, 15) is 5.11 Å². The zero-order valence-electron chi connectivity index (χ0n) is 15.1. The van der Waals surface area contributed by atoms with Gasteiger partial charge in [-0.3, -0.25) is 4.90 Å². The summed E-state index contributed by atoms with van der Waals surface area (Å²) in [7, 11) is 2.04. The minimum absolute atomic E-state index is 0.0310. The number of likely N-dealkylation sites (N-methyl/N-ethyl adjacent to an activating group) is 1. The van der Waals surface area contributed by atoms with Gasteiger partial charge >= 0.3 is 0 Å². The maximum atomic E-state index is 10.5.